The van der Waals surface area contributed by atoms with E-state index in [9.17, 15) is 9.59 Å². The Morgan fingerprint density at radius 2 is 1.88 bits per heavy atom. The van der Waals surface area contributed by atoms with Crippen molar-refractivity contribution in [3.8, 4) is 0 Å². The summed E-state index contributed by atoms with van der Waals surface area (Å²) in [6.07, 6.45) is 5.09. The normalized spacial score (nSPS) is 21.4. The van der Waals surface area contributed by atoms with Crippen LogP contribution in [0.25, 0.3) is 0 Å². The van der Waals surface area contributed by atoms with Gasteiger partial charge in [0.15, 0.2) is 0 Å². The highest BCUT2D eigenvalue weighted by Gasteiger charge is 2.34. The van der Waals surface area contributed by atoms with Gasteiger partial charge in [0.25, 0.3) is 0 Å². The van der Waals surface area contributed by atoms with Crippen molar-refractivity contribution < 1.29 is 9.59 Å². The molecule has 5 nitrogen and oxygen atoms in total. The van der Waals surface area contributed by atoms with Gasteiger partial charge < -0.3 is 15.1 Å². The Kier molecular flexibility index (Phi) is 5.86. The van der Waals surface area contributed by atoms with Gasteiger partial charge in [-0.2, -0.15) is 0 Å². The molecular weight excluding hydrogens is 302 g/mol. The molecule has 5 heteroatoms. The van der Waals surface area contributed by atoms with Crippen molar-refractivity contribution >= 4 is 17.5 Å². The average molecular weight is 329 g/mol. The average Bonchev–Trinajstić information content (AvgIpc) is 3.25. The molecule has 1 atom stereocenters. The summed E-state index contributed by atoms with van der Waals surface area (Å²) in [6, 6.07) is 9.58. The zero-order valence-electron chi connectivity index (χ0n) is 14.2. The van der Waals surface area contributed by atoms with Gasteiger partial charge in [0.05, 0.1) is 5.92 Å². The highest BCUT2D eigenvalue weighted by molar-refractivity contribution is 6.00. The van der Waals surface area contributed by atoms with Crippen LogP contribution in [0.1, 0.15) is 32.1 Å². The van der Waals surface area contributed by atoms with Gasteiger partial charge in [-0.15, -0.1) is 0 Å². The number of para-hydroxylation sites is 1. The number of hydrogen-bond acceptors (Lipinski definition) is 3. The smallest absolute Gasteiger partial charge is 0.227 e. The van der Waals surface area contributed by atoms with Crippen molar-refractivity contribution in [2.45, 2.75) is 32.1 Å². The lowest BCUT2D eigenvalue weighted by atomic mass is 10.1. The first-order valence-corrected chi connectivity index (χ1v) is 9.09. The third-order valence-corrected chi connectivity index (χ3v) is 4.96. The first-order valence-electron chi connectivity index (χ1n) is 9.09. The number of likely N-dealkylation sites (tertiary alicyclic amines) is 1. The minimum Gasteiger partial charge on any atom is -0.356 e. The molecule has 24 heavy (non-hydrogen) atoms. The molecule has 2 fully saturated rings. The lowest BCUT2D eigenvalue weighted by molar-refractivity contribution is -0.126. The van der Waals surface area contributed by atoms with Crippen molar-refractivity contribution in [2.75, 3.05) is 37.6 Å². The maximum absolute atomic E-state index is 12.3. The number of amides is 2. The number of carbonyl (C=O) groups excluding carboxylic acids is 2. The predicted octanol–water partition coefficient (Wildman–Crippen LogP) is 2.03. The second-order valence-corrected chi connectivity index (χ2v) is 6.79. The summed E-state index contributed by atoms with van der Waals surface area (Å²) in [6.45, 7) is 4.79. The molecule has 130 valence electrons. The van der Waals surface area contributed by atoms with Gasteiger partial charge in [-0.1, -0.05) is 18.2 Å². The van der Waals surface area contributed by atoms with Gasteiger partial charge in [-0.25, -0.2) is 0 Å². The molecule has 0 bridgehead atoms. The van der Waals surface area contributed by atoms with E-state index in [4.69, 9.17) is 0 Å². The molecule has 2 saturated heterocycles. The van der Waals surface area contributed by atoms with Gasteiger partial charge in [0.2, 0.25) is 11.8 Å². The molecule has 0 aliphatic carbocycles. The standard InChI is InChI=1S/C19H27N3O2/c23-18-14-16(15-22(18)17-8-2-1-3-9-17)19(24)20-10-4-5-11-21-12-6-7-13-21/h1-3,8-9,16H,4-7,10-15H2,(H,20,24). The number of anilines is 1. The quantitative estimate of drug-likeness (QED) is 0.779. The van der Waals surface area contributed by atoms with Crippen LogP contribution < -0.4 is 10.2 Å². The molecule has 2 aliphatic rings. The van der Waals surface area contributed by atoms with Crippen LogP contribution in [0.15, 0.2) is 30.3 Å². The van der Waals surface area contributed by atoms with Crippen LogP contribution in [0.4, 0.5) is 5.69 Å². The second kappa shape index (κ2) is 8.29. The third-order valence-electron chi connectivity index (χ3n) is 4.96. The van der Waals surface area contributed by atoms with Gasteiger partial charge in [-0.3, -0.25) is 9.59 Å². The van der Waals surface area contributed by atoms with Crippen molar-refractivity contribution in [3.05, 3.63) is 30.3 Å². The fourth-order valence-corrected chi connectivity index (χ4v) is 3.56. The molecule has 2 heterocycles. The van der Waals surface area contributed by atoms with Crippen LogP contribution >= 0.6 is 0 Å². The zero-order valence-corrected chi connectivity index (χ0v) is 14.2. The van der Waals surface area contributed by atoms with E-state index in [1.54, 1.807) is 4.90 Å². The number of nitrogens with zero attached hydrogens (tertiary/aromatic N) is 2. The minimum atomic E-state index is -0.226. The maximum atomic E-state index is 12.3. The third kappa shape index (κ3) is 4.35. The monoisotopic (exact) mass is 329 g/mol. The Labute approximate surface area is 144 Å². The number of carbonyl (C=O) groups is 2. The Balaban J connectivity index is 1.37. The summed E-state index contributed by atoms with van der Waals surface area (Å²) < 4.78 is 0. The summed E-state index contributed by atoms with van der Waals surface area (Å²) in [7, 11) is 0. The Bertz CT molecular complexity index is 555. The van der Waals surface area contributed by atoms with E-state index in [2.05, 4.69) is 10.2 Å². The van der Waals surface area contributed by atoms with E-state index < -0.39 is 0 Å². The fourth-order valence-electron chi connectivity index (χ4n) is 3.56. The SMILES string of the molecule is O=C(NCCCCN1CCCC1)C1CC(=O)N(c2ccccc2)C1. The van der Waals surface area contributed by atoms with E-state index in [-0.39, 0.29) is 17.7 Å². The van der Waals surface area contributed by atoms with Gasteiger partial charge in [0.1, 0.15) is 0 Å². The van der Waals surface area contributed by atoms with Gasteiger partial charge >= 0.3 is 0 Å². The summed E-state index contributed by atoms with van der Waals surface area (Å²) in [5.74, 6) is -0.172. The predicted molar refractivity (Wildman–Crippen MR) is 94.8 cm³/mol. The summed E-state index contributed by atoms with van der Waals surface area (Å²) in [5.41, 5.74) is 0.878. The Hall–Kier alpha value is -1.88. The maximum Gasteiger partial charge on any atom is 0.227 e. The molecule has 3 rings (SSSR count). The van der Waals surface area contributed by atoms with Crippen molar-refractivity contribution in [3.63, 3.8) is 0 Å². The first-order chi connectivity index (χ1) is 11.7. The lowest BCUT2D eigenvalue weighted by Gasteiger charge is -2.17. The lowest BCUT2D eigenvalue weighted by Crippen LogP contribution is -2.33. The van der Waals surface area contributed by atoms with Crippen molar-refractivity contribution in [1.29, 1.82) is 0 Å². The van der Waals surface area contributed by atoms with Crippen LogP contribution in [0, 0.1) is 5.92 Å². The van der Waals surface area contributed by atoms with E-state index in [1.165, 1.54) is 25.9 Å². The van der Waals surface area contributed by atoms with Crippen molar-refractivity contribution in [1.82, 2.24) is 10.2 Å². The van der Waals surface area contributed by atoms with Crippen LogP contribution in [0.5, 0.6) is 0 Å². The number of unbranched alkanes of at least 4 members (excludes halogenated alkanes) is 1. The molecule has 2 aliphatic heterocycles. The van der Waals surface area contributed by atoms with Crippen LogP contribution in [0.2, 0.25) is 0 Å². The second-order valence-electron chi connectivity index (χ2n) is 6.79. The van der Waals surface area contributed by atoms with Gasteiger partial charge in [0, 0.05) is 25.2 Å². The van der Waals surface area contributed by atoms with E-state index in [0.29, 0.717) is 19.5 Å². The number of hydrogen-bond donors (Lipinski definition) is 1. The Morgan fingerprint density at radius 3 is 2.62 bits per heavy atom. The van der Waals surface area contributed by atoms with E-state index in [1.807, 2.05) is 30.3 Å². The van der Waals surface area contributed by atoms with Gasteiger partial charge in [-0.05, 0) is 57.5 Å². The highest BCUT2D eigenvalue weighted by atomic mass is 16.2. The summed E-state index contributed by atoms with van der Waals surface area (Å²) in [5, 5.41) is 3.01. The topological polar surface area (TPSA) is 52.7 Å². The fraction of sp³-hybridized carbons (Fsp3) is 0.579. The molecular formula is C19H27N3O2. The molecule has 0 saturated carbocycles. The van der Waals surface area contributed by atoms with E-state index in [0.717, 1.165) is 25.1 Å². The number of benzene rings is 1. The molecule has 0 aromatic heterocycles. The molecule has 1 aromatic carbocycles. The molecule has 1 unspecified atom stereocenters. The molecule has 0 radical (unpaired) electrons. The van der Waals surface area contributed by atoms with Crippen LogP contribution in [-0.2, 0) is 9.59 Å². The summed E-state index contributed by atoms with van der Waals surface area (Å²) in [4.78, 5) is 28.7. The Morgan fingerprint density at radius 1 is 1.12 bits per heavy atom. The zero-order chi connectivity index (χ0) is 16.8. The molecule has 0 spiro atoms. The first kappa shape index (κ1) is 17.0. The van der Waals surface area contributed by atoms with Crippen LogP contribution in [0.3, 0.4) is 0 Å². The van der Waals surface area contributed by atoms with Crippen LogP contribution in [-0.4, -0.2) is 49.4 Å². The number of nitrogens with one attached hydrogen (secondary N) is 1. The summed E-state index contributed by atoms with van der Waals surface area (Å²) >= 11 is 0. The largest absolute Gasteiger partial charge is 0.356 e. The highest BCUT2D eigenvalue weighted by Crippen LogP contribution is 2.24. The van der Waals surface area contributed by atoms with E-state index >= 15 is 0 Å². The molecule has 1 aromatic rings. The minimum absolute atomic E-state index is 0.0166. The number of rotatable bonds is 7. The van der Waals surface area contributed by atoms with Crippen molar-refractivity contribution in [2.24, 2.45) is 5.92 Å². The molecule has 2 amide bonds. The molecule has 1 N–H and O–H groups in total.